The molecule has 0 saturated heterocycles. The van der Waals surface area contributed by atoms with Crippen LogP contribution < -0.4 is 5.32 Å². The predicted molar refractivity (Wildman–Crippen MR) is 85.7 cm³/mol. The molecule has 130 valence electrons. The Morgan fingerprint density at radius 2 is 2.00 bits per heavy atom. The van der Waals surface area contributed by atoms with Crippen LogP contribution in [-0.4, -0.2) is 22.1 Å². The maximum absolute atomic E-state index is 12.6. The first-order valence-electron chi connectivity index (χ1n) is 7.39. The van der Waals surface area contributed by atoms with E-state index in [0.29, 0.717) is 29.2 Å². The van der Waals surface area contributed by atoms with Crippen LogP contribution >= 0.6 is 11.3 Å². The summed E-state index contributed by atoms with van der Waals surface area (Å²) in [4.78, 5) is 15.4. The van der Waals surface area contributed by atoms with Crippen LogP contribution in [0.5, 0.6) is 0 Å². The Morgan fingerprint density at radius 1 is 1.33 bits per heavy atom. The fourth-order valence-electron chi connectivity index (χ4n) is 2.15. The molecular weight excluding hydrogens is 341 g/mol. The second-order valence-electron chi connectivity index (χ2n) is 5.28. The lowest BCUT2D eigenvalue weighted by molar-refractivity contribution is -0.140. The third-order valence-corrected chi connectivity index (χ3v) is 4.36. The average Bonchev–Trinajstić information content (AvgIpc) is 2.99. The second-order valence-corrected chi connectivity index (χ2v) is 6.14. The zero-order valence-corrected chi connectivity index (χ0v) is 13.7. The first kappa shape index (κ1) is 18.4. The minimum atomic E-state index is -4.36. The van der Waals surface area contributed by atoms with Gasteiger partial charge in [0.2, 0.25) is 0 Å². The number of alkyl halides is 3. The molecule has 2 rings (SSSR count). The van der Waals surface area contributed by atoms with Crippen molar-refractivity contribution in [3.8, 4) is 10.6 Å². The Kier molecular flexibility index (Phi) is 5.95. The van der Waals surface area contributed by atoms with Gasteiger partial charge in [0.15, 0.2) is 0 Å². The number of hydrogen-bond acceptors (Lipinski definition) is 4. The van der Waals surface area contributed by atoms with Crippen molar-refractivity contribution in [2.75, 3.05) is 0 Å². The number of benzene rings is 1. The van der Waals surface area contributed by atoms with Crippen LogP contribution in [0.2, 0.25) is 0 Å². The fraction of sp³-hybridized carbons (Fsp3) is 0.375. The topological polar surface area (TPSA) is 62.2 Å². The molecule has 2 N–H and O–H groups in total. The lowest BCUT2D eigenvalue weighted by atomic mass is 10.1. The quantitative estimate of drug-likeness (QED) is 0.780. The molecule has 1 unspecified atom stereocenters. The molecule has 0 bridgehead atoms. The third kappa shape index (κ3) is 4.78. The molecule has 0 aliphatic carbocycles. The lowest BCUT2D eigenvalue weighted by Gasteiger charge is -2.12. The number of carboxylic acid groups (broad SMARTS) is 1. The number of aromatic nitrogens is 1. The van der Waals surface area contributed by atoms with Gasteiger partial charge in [-0.25, -0.2) is 4.98 Å². The Balaban J connectivity index is 2.04. The summed E-state index contributed by atoms with van der Waals surface area (Å²) in [5.41, 5.74) is 0.563. The van der Waals surface area contributed by atoms with Gasteiger partial charge in [-0.15, -0.1) is 11.3 Å². The highest BCUT2D eigenvalue weighted by molar-refractivity contribution is 7.13. The fourth-order valence-corrected chi connectivity index (χ4v) is 2.98. The first-order valence-corrected chi connectivity index (χ1v) is 8.27. The summed E-state index contributed by atoms with van der Waals surface area (Å²) in [6, 6.07) is 4.19. The van der Waals surface area contributed by atoms with E-state index in [-0.39, 0.29) is 0 Å². The van der Waals surface area contributed by atoms with Gasteiger partial charge in [-0.05, 0) is 18.6 Å². The molecule has 1 heterocycles. The van der Waals surface area contributed by atoms with Crippen molar-refractivity contribution in [3.05, 3.63) is 40.9 Å². The Labute approximate surface area is 141 Å². The normalized spacial score (nSPS) is 13.0. The SMILES string of the molecule is CCCC(NCc1csc(-c2ccc(C(F)(F)F)cc2)n1)C(=O)O. The van der Waals surface area contributed by atoms with Crippen LogP contribution in [0, 0.1) is 0 Å². The third-order valence-electron chi connectivity index (χ3n) is 3.42. The van der Waals surface area contributed by atoms with Crippen LogP contribution in [0.4, 0.5) is 13.2 Å². The summed E-state index contributed by atoms with van der Waals surface area (Å²) in [6.45, 7) is 2.21. The zero-order valence-electron chi connectivity index (χ0n) is 12.9. The molecule has 0 aliphatic rings. The number of rotatable bonds is 7. The van der Waals surface area contributed by atoms with E-state index in [4.69, 9.17) is 5.11 Å². The highest BCUT2D eigenvalue weighted by Gasteiger charge is 2.30. The standard InChI is InChI=1S/C16H17F3N2O2S/c1-2-3-13(15(22)23)20-8-12-9-24-14(21-12)10-4-6-11(7-5-10)16(17,18)19/h4-7,9,13,20H,2-3,8H2,1H3,(H,22,23). The molecule has 8 heteroatoms. The lowest BCUT2D eigenvalue weighted by Crippen LogP contribution is -2.36. The summed E-state index contributed by atoms with van der Waals surface area (Å²) < 4.78 is 37.7. The average molecular weight is 358 g/mol. The summed E-state index contributed by atoms with van der Waals surface area (Å²) >= 11 is 1.31. The number of nitrogens with one attached hydrogen (secondary N) is 1. The minimum absolute atomic E-state index is 0.300. The number of hydrogen-bond donors (Lipinski definition) is 2. The van der Waals surface area contributed by atoms with Crippen LogP contribution in [0.25, 0.3) is 10.6 Å². The molecule has 1 aromatic carbocycles. The summed E-state index contributed by atoms with van der Waals surface area (Å²) in [7, 11) is 0. The Hall–Kier alpha value is -1.93. The number of carboxylic acids is 1. The molecule has 0 aliphatic heterocycles. The van der Waals surface area contributed by atoms with Crippen molar-refractivity contribution in [1.82, 2.24) is 10.3 Å². The molecule has 4 nitrogen and oxygen atoms in total. The van der Waals surface area contributed by atoms with E-state index in [1.165, 1.54) is 23.5 Å². The highest BCUT2D eigenvalue weighted by atomic mass is 32.1. The first-order chi connectivity index (χ1) is 11.3. The van der Waals surface area contributed by atoms with Crippen molar-refractivity contribution in [2.24, 2.45) is 0 Å². The molecule has 0 saturated carbocycles. The van der Waals surface area contributed by atoms with Gasteiger partial charge >= 0.3 is 12.1 Å². The summed E-state index contributed by atoms with van der Waals surface area (Å²) in [6.07, 6.45) is -3.09. The highest BCUT2D eigenvalue weighted by Crippen LogP contribution is 2.31. The van der Waals surface area contributed by atoms with Gasteiger partial charge in [-0.1, -0.05) is 25.5 Å². The summed E-state index contributed by atoms with van der Waals surface area (Å²) in [5.74, 6) is -0.907. The van der Waals surface area contributed by atoms with Gasteiger partial charge in [0.05, 0.1) is 11.3 Å². The van der Waals surface area contributed by atoms with Crippen LogP contribution in [-0.2, 0) is 17.5 Å². The van der Waals surface area contributed by atoms with E-state index in [0.717, 1.165) is 18.6 Å². The van der Waals surface area contributed by atoms with Crippen LogP contribution in [0.1, 0.15) is 31.0 Å². The molecule has 0 radical (unpaired) electrons. The minimum Gasteiger partial charge on any atom is -0.480 e. The monoisotopic (exact) mass is 358 g/mol. The van der Waals surface area contributed by atoms with Gasteiger partial charge in [0, 0.05) is 17.5 Å². The molecule has 0 amide bonds. The smallest absolute Gasteiger partial charge is 0.416 e. The van der Waals surface area contributed by atoms with Crippen molar-refractivity contribution >= 4 is 17.3 Å². The van der Waals surface area contributed by atoms with Gasteiger partial charge in [0.1, 0.15) is 11.0 Å². The maximum Gasteiger partial charge on any atom is 0.416 e. The van der Waals surface area contributed by atoms with Crippen LogP contribution in [0.15, 0.2) is 29.6 Å². The summed E-state index contributed by atoms with van der Waals surface area (Å²) in [5, 5.41) is 14.4. The van der Waals surface area contributed by atoms with E-state index < -0.39 is 23.8 Å². The maximum atomic E-state index is 12.6. The van der Waals surface area contributed by atoms with Gasteiger partial charge in [-0.3, -0.25) is 10.1 Å². The van der Waals surface area contributed by atoms with E-state index in [9.17, 15) is 18.0 Å². The predicted octanol–water partition coefficient (Wildman–Crippen LogP) is 4.17. The van der Waals surface area contributed by atoms with Gasteiger partial charge in [-0.2, -0.15) is 13.2 Å². The number of carbonyl (C=O) groups is 1. The van der Waals surface area contributed by atoms with Gasteiger partial charge in [0.25, 0.3) is 0 Å². The molecular formula is C16H17F3N2O2S. The molecule has 0 fully saturated rings. The van der Waals surface area contributed by atoms with Crippen LogP contribution in [0.3, 0.4) is 0 Å². The molecule has 1 atom stereocenters. The Morgan fingerprint density at radius 3 is 2.54 bits per heavy atom. The molecule has 2 aromatic rings. The van der Waals surface area contributed by atoms with Crippen molar-refractivity contribution in [1.29, 1.82) is 0 Å². The second kappa shape index (κ2) is 7.76. The number of aliphatic carboxylic acids is 1. The Bertz CT molecular complexity index is 683. The zero-order chi connectivity index (χ0) is 17.7. The van der Waals surface area contributed by atoms with Crippen molar-refractivity contribution in [3.63, 3.8) is 0 Å². The number of thiazole rings is 1. The molecule has 0 spiro atoms. The van der Waals surface area contributed by atoms with Crippen molar-refractivity contribution < 1.29 is 23.1 Å². The number of halogens is 3. The van der Waals surface area contributed by atoms with Gasteiger partial charge < -0.3 is 5.11 Å². The largest absolute Gasteiger partial charge is 0.480 e. The molecule has 24 heavy (non-hydrogen) atoms. The van der Waals surface area contributed by atoms with E-state index >= 15 is 0 Å². The molecule has 1 aromatic heterocycles. The van der Waals surface area contributed by atoms with Crippen molar-refractivity contribution in [2.45, 2.75) is 38.5 Å². The van der Waals surface area contributed by atoms with E-state index in [2.05, 4.69) is 10.3 Å². The number of nitrogens with zero attached hydrogens (tertiary/aromatic N) is 1. The van der Waals surface area contributed by atoms with E-state index in [1.54, 1.807) is 5.38 Å². The van der Waals surface area contributed by atoms with E-state index in [1.807, 2.05) is 6.92 Å².